The normalized spacial score (nSPS) is 11.2. The molecule has 0 aliphatic carbocycles. The van der Waals surface area contributed by atoms with Gasteiger partial charge in [-0.1, -0.05) is 35.9 Å². The van der Waals surface area contributed by atoms with Gasteiger partial charge in [0.15, 0.2) is 5.96 Å². The highest BCUT2D eigenvalue weighted by Gasteiger charge is 2.03. The van der Waals surface area contributed by atoms with E-state index >= 15 is 0 Å². The average Bonchev–Trinajstić information content (AvgIpc) is 3.04. The van der Waals surface area contributed by atoms with Crippen molar-refractivity contribution in [3.05, 3.63) is 71.1 Å². The van der Waals surface area contributed by atoms with Crippen LogP contribution in [-0.4, -0.2) is 35.5 Å². The summed E-state index contributed by atoms with van der Waals surface area (Å²) in [4.78, 5) is 8.85. The molecule has 0 unspecified atom stereocenters. The van der Waals surface area contributed by atoms with E-state index in [1.165, 1.54) is 0 Å². The van der Waals surface area contributed by atoms with Gasteiger partial charge >= 0.3 is 0 Å². The van der Waals surface area contributed by atoms with E-state index in [-0.39, 0.29) is 24.0 Å². The van der Waals surface area contributed by atoms with Crippen molar-refractivity contribution in [3.63, 3.8) is 0 Å². The van der Waals surface area contributed by atoms with E-state index in [1.807, 2.05) is 53.1 Å². The minimum atomic E-state index is 0. The molecule has 0 spiro atoms. The molecule has 0 saturated heterocycles. The van der Waals surface area contributed by atoms with Crippen LogP contribution < -0.4 is 10.6 Å². The summed E-state index contributed by atoms with van der Waals surface area (Å²) in [7, 11) is 1.77. The van der Waals surface area contributed by atoms with Gasteiger partial charge in [0.2, 0.25) is 0 Å². The van der Waals surface area contributed by atoms with Crippen LogP contribution in [0, 0.1) is 0 Å². The fourth-order valence-electron chi connectivity index (χ4n) is 2.65. The predicted molar refractivity (Wildman–Crippen MR) is 119 cm³/mol. The molecule has 3 rings (SSSR count). The zero-order valence-electron chi connectivity index (χ0n) is 14.7. The molecule has 2 aromatic heterocycles. The lowest BCUT2D eigenvalue weighted by molar-refractivity contribution is 0.778. The summed E-state index contributed by atoms with van der Waals surface area (Å²) < 4.78 is 2.03. The number of hydrogen-bond acceptors (Lipinski definition) is 2. The summed E-state index contributed by atoms with van der Waals surface area (Å²) in [6.45, 7) is 1.55. The number of halogens is 2. The first-order valence-electron chi connectivity index (χ1n) is 8.37. The van der Waals surface area contributed by atoms with Crippen molar-refractivity contribution in [1.29, 1.82) is 0 Å². The smallest absolute Gasteiger partial charge is 0.190 e. The molecule has 138 valence electrons. The van der Waals surface area contributed by atoms with Gasteiger partial charge in [-0.2, -0.15) is 0 Å². The van der Waals surface area contributed by atoms with Crippen LogP contribution in [0.5, 0.6) is 0 Å². The number of hydrogen-bond donors (Lipinski definition) is 2. The minimum absolute atomic E-state index is 0. The zero-order valence-corrected chi connectivity index (χ0v) is 17.7. The second-order valence-corrected chi connectivity index (χ2v) is 6.12. The number of rotatable bonds is 6. The molecule has 5 nitrogen and oxygen atoms in total. The molecule has 0 fully saturated rings. The number of aromatic nitrogens is 2. The van der Waals surface area contributed by atoms with Crippen LogP contribution in [0.15, 0.2) is 59.9 Å². The summed E-state index contributed by atoms with van der Waals surface area (Å²) in [6.07, 6.45) is 5.76. The summed E-state index contributed by atoms with van der Waals surface area (Å²) in [6, 6.07) is 13.9. The number of imidazole rings is 1. The fraction of sp³-hybridized carbons (Fsp3) is 0.263. The Kier molecular flexibility index (Phi) is 8.18. The van der Waals surface area contributed by atoms with Crippen molar-refractivity contribution in [1.82, 2.24) is 20.0 Å². The number of aliphatic imine (C=N–C) groups is 1. The van der Waals surface area contributed by atoms with Gasteiger partial charge in [-0.3, -0.25) is 4.99 Å². The number of benzene rings is 1. The van der Waals surface area contributed by atoms with Gasteiger partial charge in [0, 0.05) is 44.0 Å². The third kappa shape index (κ3) is 5.60. The van der Waals surface area contributed by atoms with E-state index in [2.05, 4.69) is 26.8 Å². The van der Waals surface area contributed by atoms with E-state index in [4.69, 9.17) is 11.6 Å². The summed E-state index contributed by atoms with van der Waals surface area (Å²) in [5.41, 5.74) is 3.17. The van der Waals surface area contributed by atoms with Crippen molar-refractivity contribution in [2.75, 3.05) is 20.1 Å². The van der Waals surface area contributed by atoms with Crippen LogP contribution in [0.2, 0.25) is 5.02 Å². The zero-order chi connectivity index (χ0) is 17.5. The van der Waals surface area contributed by atoms with E-state index in [1.54, 1.807) is 7.05 Å². The maximum absolute atomic E-state index is 6.18. The van der Waals surface area contributed by atoms with E-state index < -0.39 is 0 Å². The van der Waals surface area contributed by atoms with E-state index in [0.29, 0.717) is 0 Å². The molecule has 1 aromatic carbocycles. The molecule has 26 heavy (non-hydrogen) atoms. The molecule has 2 N–H and O–H groups in total. The Morgan fingerprint density at radius 1 is 1.08 bits per heavy atom. The van der Waals surface area contributed by atoms with Gasteiger partial charge in [-0.25, -0.2) is 4.98 Å². The van der Waals surface area contributed by atoms with Crippen LogP contribution in [0.25, 0.3) is 5.65 Å². The highest BCUT2D eigenvalue weighted by Crippen LogP contribution is 2.14. The molecule has 7 heteroatoms. The van der Waals surface area contributed by atoms with Gasteiger partial charge in [0.25, 0.3) is 0 Å². The minimum Gasteiger partial charge on any atom is -0.356 e. The number of fused-ring (bicyclic) bond motifs is 1. The van der Waals surface area contributed by atoms with Crippen molar-refractivity contribution in [2.45, 2.75) is 12.8 Å². The Labute approximate surface area is 175 Å². The average molecular weight is 484 g/mol. The molecule has 0 aliphatic rings. The maximum Gasteiger partial charge on any atom is 0.190 e. The van der Waals surface area contributed by atoms with E-state index in [0.717, 1.165) is 53.8 Å². The largest absolute Gasteiger partial charge is 0.356 e. The Balaban J connectivity index is 0.00000243. The van der Waals surface area contributed by atoms with Crippen molar-refractivity contribution < 1.29 is 0 Å². The third-order valence-electron chi connectivity index (χ3n) is 3.96. The molecule has 0 aliphatic heterocycles. The SMILES string of the molecule is CN=C(NCCc1cn2ccccc2n1)NCCc1ccccc1Cl.I. The third-order valence-corrected chi connectivity index (χ3v) is 4.32. The van der Waals surface area contributed by atoms with Crippen molar-refractivity contribution in [2.24, 2.45) is 4.99 Å². The van der Waals surface area contributed by atoms with Gasteiger partial charge in [-0.05, 0) is 30.2 Å². The highest BCUT2D eigenvalue weighted by atomic mass is 127. The van der Waals surface area contributed by atoms with Crippen molar-refractivity contribution in [3.8, 4) is 0 Å². The molecular formula is C19H23ClIN5. The topological polar surface area (TPSA) is 53.7 Å². The molecular weight excluding hydrogens is 461 g/mol. The first kappa shape index (κ1) is 20.5. The standard InChI is InChI=1S/C19H22ClN5.HI/c1-21-19(22-11-9-15-6-2-3-7-17(15)20)23-12-10-16-14-25-13-5-4-8-18(25)24-16;/h2-8,13-14H,9-12H2,1H3,(H2,21,22,23);1H. The van der Waals surface area contributed by atoms with Crippen LogP contribution in [0.3, 0.4) is 0 Å². The Hall–Kier alpha value is -1.80. The molecule has 0 amide bonds. The van der Waals surface area contributed by atoms with Gasteiger partial charge in [-0.15, -0.1) is 24.0 Å². The number of guanidine groups is 1. The quantitative estimate of drug-likeness (QED) is 0.320. The lowest BCUT2D eigenvalue weighted by atomic mass is 10.1. The monoisotopic (exact) mass is 483 g/mol. The first-order chi connectivity index (χ1) is 12.3. The first-order valence-corrected chi connectivity index (χ1v) is 8.74. The Bertz CT molecular complexity index is 829. The van der Waals surface area contributed by atoms with Crippen LogP contribution >= 0.6 is 35.6 Å². The number of nitrogens with one attached hydrogen (secondary N) is 2. The molecule has 0 atom stereocenters. The second-order valence-electron chi connectivity index (χ2n) is 5.72. The van der Waals surface area contributed by atoms with Crippen LogP contribution in [0.4, 0.5) is 0 Å². The summed E-state index contributed by atoms with van der Waals surface area (Å²) in [5, 5.41) is 7.44. The Morgan fingerprint density at radius 2 is 1.81 bits per heavy atom. The molecule has 0 saturated carbocycles. The summed E-state index contributed by atoms with van der Waals surface area (Å²) >= 11 is 6.18. The number of pyridine rings is 1. The van der Waals surface area contributed by atoms with Gasteiger partial charge in [0.1, 0.15) is 5.65 Å². The lowest BCUT2D eigenvalue weighted by Gasteiger charge is -2.11. The Morgan fingerprint density at radius 3 is 2.54 bits per heavy atom. The lowest BCUT2D eigenvalue weighted by Crippen LogP contribution is -2.39. The van der Waals surface area contributed by atoms with Crippen LogP contribution in [-0.2, 0) is 12.8 Å². The van der Waals surface area contributed by atoms with Gasteiger partial charge < -0.3 is 15.0 Å². The van der Waals surface area contributed by atoms with E-state index in [9.17, 15) is 0 Å². The molecule has 2 heterocycles. The van der Waals surface area contributed by atoms with Crippen LogP contribution in [0.1, 0.15) is 11.3 Å². The molecule has 0 radical (unpaired) electrons. The summed E-state index contributed by atoms with van der Waals surface area (Å²) in [5.74, 6) is 0.788. The molecule has 0 bridgehead atoms. The van der Waals surface area contributed by atoms with Crippen molar-refractivity contribution >= 4 is 47.2 Å². The fourth-order valence-corrected chi connectivity index (χ4v) is 2.88. The number of nitrogens with zero attached hydrogens (tertiary/aromatic N) is 3. The van der Waals surface area contributed by atoms with Gasteiger partial charge in [0.05, 0.1) is 5.69 Å². The highest BCUT2D eigenvalue weighted by molar-refractivity contribution is 14.0. The second kappa shape index (κ2) is 10.4. The predicted octanol–water partition coefficient (Wildman–Crippen LogP) is 3.56. The maximum atomic E-state index is 6.18. The molecule has 3 aromatic rings.